The van der Waals surface area contributed by atoms with Crippen LogP contribution in [0.2, 0.25) is 10.0 Å². The first kappa shape index (κ1) is 47.9. The number of alkyl halides is 3. The van der Waals surface area contributed by atoms with E-state index in [0.29, 0.717) is 90.9 Å². The van der Waals surface area contributed by atoms with Crippen LogP contribution in [-0.4, -0.2) is 98.2 Å². The molecule has 2 saturated heterocycles. The van der Waals surface area contributed by atoms with Gasteiger partial charge < -0.3 is 0 Å². The maximum Gasteiger partial charge on any atom is 0.404 e. The Labute approximate surface area is 379 Å². The van der Waals surface area contributed by atoms with Crippen LogP contribution in [0.4, 0.5) is 22.0 Å². The van der Waals surface area contributed by atoms with Gasteiger partial charge in [0.05, 0.1) is 51.0 Å². The summed E-state index contributed by atoms with van der Waals surface area (Å²) in [5, 5.41) is 0.973. The summed E-state index contributed by atoms with van der Waals surface area (Å²) in [7, 11) is -7.79. The number of nitrogens with zero attached hydrogens (tertiary/aromatic N) is 8. The van der Waals surface area contributed by atoms with Gasteiger partial charge in [0.15, 0.2) is 29.0 Å². The standard InChI is InChI=1S/C22H26ClFN4O2S.C21H21ClF4N4O2S/c1-2-11-31(29,30)28-10-4-3-5-16(28)6-8-21-19(24)14-26-22(27-21)17-7-9-20-18(17)12-15(23)13-25-20;22-13-9-16-15(5-7-18(16)27-10-13)20-28-11-17(23)19(29-20)6-4-14-3-1-2-8-30(14)33(31,32)12-21(24,25)26/h7,12-14,16H,2-6,8-11H2,1H3;5,9-11,14H,1-4,6-8,12H2. The molecule has 0 saturated carbocycles. The van der Waals surface area contributed by atoms with Crippen LogP contribution in [0.3, 0.4) is 0 Å². The molecule has 0 spiro atoms. The fraction of sp³-hybridized carbons (Fsp3) is 0.488. The van der Waals surface area contributed by atoms with E-state index < -0.39 is 49.7 Å². The smallest absolute Gasteiger partial charge is 0.259 e. The molecule has 12 nitrogen and oxygen atoms in total. The lowest BCUT2D eigenvalue weighted by molar-refractivity contribution is -0.107. The average Bonchev–Trinajstić information content (AvgIpc) is 3.86. The van der Waals surface area contributed by atoms with E-state index in [9.17, 15) is 38.8 Å². The molecule has 0 aromatic carbocycles. The summed E-state index contributed by atoms with van der Waals surface area (Å²) in [5.41, 5.74) is 5.20. The van der Waals surface area contributed by atoms with Gasteiger partial charge in [0.2, 0.25) is 20.0 Å². The number of rotatable bonds is 13. The van der Waals surface area contributed by atoms with Crippen molar-refractivity contribution in [3.63, 3.8) is 0 Å². The second-order valence-electron chi connectivity index (χ2n) is 16.2. The fourth-order valence-corrected chi connectivity index (χ4v) is 12.5. The third-order valence-electron chi connectivity index (χ3n) is 11.7. The number of sulfonamides is 2. The average molecular weight is 970 g/mol. The van der Waals surface area contributed by atoms with Crippen LogP contribution >= 0.6 is 23.2 Å². The first-order valence-electron chi connectivity index (χ1n) is 21.2. The number of hydrogen-bond donors (Lipinski definition) is 0. The van der Waals surface area contributed by atoms with Gasteiger partial charge in [-0.1, -0.05) is 55.1 Å². The number of pyridine rings is 2. The Balaban J connectivity index is 0.000000192. The molecule has 0 radical (unpaired) electrons. The highest BCUT2D eigenvalue weighted by Crippen LogP contribution is 2.34. The first-order chi connectivity index (χ1) is 30.4. The summed E-state index contributed by atoms with van der Waals surface area (Å²) in [4.78, 5) is 25.7. The quantitative estimate of drug-likeness (QED) is 0.119. The van der Waals surface area contributed by atoms with Gasteiger partial charge in [-0.25, -0.2) is 45.6 Å². The van der Waals surface area contributed by atoms with Crippen LogP contribution in [0, 0.1) is 11.6 Å². The topological polar surface area (TPSA) is 152 Å². The molecule has 4 aliphatic rings. The number of hydrogen-bond acceptors (Lipinski definition) is 10. The lowest BCUT2D eigenvalue weighted by Gasteiger charge is -2.35. The van der Waals surface area contributed by atoms with Gasteiger partial charge in [-0.2, -0.15) is 21.8 Å². The SMILES string of the molecule is CCCS(=O)(=O)N1CCCCC1CCc1nc(C2=CCc3ncc(Cl)cc32)ncc1F.O=S(=O)(CC(F)(F)F)N1CCCCC1CCc1nc(C2=CCc3ncc(Cl)cc32)ncc1F. The highest BCUT2D eigenvalue weighted by molar-refractivity contribution is 7.89. The van der Waals surface area contributed by atoms with Crippen molar-refractivity contribution in [3.05, 3.63) is 116 Å². The number of fused-ring (bicyclic) bond motifs is 2. The van der Waals surface area contributed by atoms with Crippen molar-refractivity contribution < 1.29 is 38.8 Å². The van der Waals surface area contributed by atoms with Crippen LogP contribution in [0.25, 0.3) is 11.1 Å². The highest BCUT2D eigenvalue weighted by atomic mass is 35.5. The van der Waals surface area contributed by atoms with Crippen LogP contribution in [-0.2, 0) is 45.7 Å². The van der Waals surface area contributed by atoms with E-state index >= 15 is 0 Å². The molecular weight excluding hydrogens is 923 g/mol. The normalized spacial score (nSPS) is 19.4. The second-order valence-corrected chi connectivity index (χ2v) is 21.0. The molecule has 2 unspecified atom stereocenters. The van der Waals surface area contributed by atoms with Crippen LogP contribution in [0.5, 0.6) is 0 Å². The Hall–Kier alpha value is -4.01. The monoisotopic (exact) mass is 968 g/mol. The zero-order chi connectivity index (χ0) is 45.8. The molecule has 8 rings (SSSR count). The van der Waals surface area contributed by atoms with Gasteiger partial charge in [0.25, 0.3) is 0 Å². The van der Waals surface area contributed by atoms with Gasteiger partial charge >= 0.3 is 6.18 Å². The van der Waals surface area contributed by atoms with E-state index in [0.717, 1.165) is 57.9 Å². The second kappa shape index (κ2) is 20.2. The van der Waals surface area contributed by atoms with E-state index in [1.165, 1.54) is 12.4 Å². The minimum absolute atomic E-state index is 0.0258. The van der Waals surface area contributed by atoms with E-state index in [1.54, 1.807) is 16.6 Å². The lowest BCUT2D eigenvalue weighted by Crippen LogP contribution is -2.47. The number of aryl methyl sites for hydroxylation is 2. The van der Waals surface area contributed by atoms with Crippen LogP contribution in [0.1, 0.15) is 110 Å². The summed E-state index contributed by atoms with van der Waals surface area (Å²) in [5.74, 6) is -2.13. The molecule has 2 atom stereocenters. The summed E-state index contributed by atoms with van der Waals surface area (Å²) in [6.45, 7) is 2.44. The number of aromatic nitrogens is 6. The number of piperidine rings is 2. The Bertz CT molecular complexity index is 2660. The van der Waals surface area contributed by atoms with Crippen molar-refractivity contribution in [3.8, 4) is 0 Å². The van der Waals surface area contributed by atoms with Crippen molar-refractivity contribution in [1.29, 1.82) is 0 Å². The van der Waals surface area contributed by atoms with E-state index in [-0.39, 0.29) is 36.9 Å². The summed E-state index contributed by atoms with van der Waals surface area (Å²) >= 11 is 12.1. The molecule has 4 aromatic rings. The van der Waals surface area contributed by atoms with E-state index in [1.807, 2.05) is 25.1 Å². The van der Waals surface area contributed by atoms with Crippen LogP contribution < -0.4 is 0 Å². The Morgan fingerprint density at radius 2 is 1.12 bits per heavy atom. The first-order valence-corrected chi connectivity index (χ1v) is 25.2. The number of halogens is 7. The molecule has 2 fully saturated rings. The van der Waals surface area contributed by atoms with Crippen molar-refractivity contribution in [2.24, 2.45) is 0 Å². The Morgan fingerprint density at radius 3 is 1.56 bits per heavy atom. The van der Waals surface area contributed by atoms with E-state index in [4.69, 9.17) is 23.2 Å². The third-order valence-corrected chi connectivity index (χ3v) is 16.1. The zero-order valence-electron chi connectivity index (χ0n) is 35.0. The summed E-state index contributed by atoms with van der Waals surface area (Å²) in [6, 6.07) is 2.81. The molecule has 0 bridgehead atoms. The molecule has 4 aromatic heterocycles. The number of allylic oxidation sites excluding steroid dienone is 2. The van der Waals surface area contributed by atoms with Gasteiger partial charge in [-0.3, -0.25) is 9.97 Å². The van der Waals surface area contributed by atoms with Crippen molar-refractivity contribution in [2.45, 2.75) is 109 Å². The lowest BCUT2D eigenvalue weighted by atomic mass is 9.99. The third kappa shape index (κ3) is 11.5. The highest BCUT2D eigenvalue weighted by Gasteiger charge is 2.41. The minimum Gasteiger partial charge on any atom is -0.259 e. The van der Waals surface area contributed by atoms with Crippen LogP contribution in [0.15, 0.2) is 49.1 Å². The molecule has 344 valence electrons. The Morgan fingerprint density at radius 1 is 0.672 bits per heavy atom. The van der Waals surface area contributed by atoms with Gasteiger partial charge in [-0.15, -0.1) is 0 Å². The van der Waals surface area contributed by atoms with Crippen molar-refractivity contribution in [2.75, 3.05) is 24.6 Å². The predicted octanol–water partition coefficient (Wildman–Crippen LogP) is 8.51. The van der Waals surface area contributed by atoms with Crippen molar-refractivity contribution >= 4 is 54.4 Å². The van der Waals surface area contributed by atoms with Gasteiger partial charge in [0, 0.05) is 72.7 Å². The molecule has 2 aliphatic heterocycles. The summed E-state index contributed by atoms with van der Waals surface area (Å²) < 4.78 is 120. The minimum atomic E-state index is -4.82. The molecule has 0 amide bonds. The molecule has 6 heterocycles. The molecule has 21 heteroatoms. The Kier molecular flexibility index (Phi) is 15.2. The maximum absolute atomic E-state index is 14.5. The molecule has 2 aliphatic carbocycles. The predicted molar refractivity (Wildman–Crippen MR) is 233 cm³/mol. The molecule has 0 N–H and O–H groups in total. The van der Waals surface area contributed by atoms with Gasteiger partial charge in [-0.05, 0) is 69.9 Å². The molecular formula is C43H47Cl2F5N8O4S2. The maximum atomic E-state index is 14.5. The van der Waals surface area contributed by atoms with Crippen molar-refractivity contribution in [1.82, 2.24) is 38.5 Å². The van der Waals surface area contributed by atoms with E-state index in [2.05, 4.69) is 29.9 Å². The fourth-order valence-electron chi connectivity index (χ4n) is 8.71. The molecule has 64 heavy (non-hydrogen) atoms. The zero-order valence-corrected chi connectivity index (χ0v) is 38.1. The van der Waals surface area contributed by atoms with Gasteiger partial charge in [0.1, 0.15) is 0 Å². The summed E-state index contributed by atoms with van der Waals surface area (Å²) in [6.07, 6.45) is 11.6. The largest absolute Gasteiger partial charge is 0.404 e.